The monoisotopic (exact) mass is 716 g/mol. The first-order chi connectivity index (χ1) is 24.1. The Bertz CT molecular complexity index is 874. The minimum absolute atomic E-state index is 0.288. The number of carboxylic acid groups (broad SMARTS) is 1. The van der Waals surface area contributed by atoms with Crippen LogP contribution in [0.1, 0.15) is 168 Å². The Balaban J connectivity index is 2.53. The summed E-state index contributed by atoms with van der Waals surface area (Å²) in [6.45, 7) is 4.05. The minimum atomic E-state index is -1.86. The summed E-state index contributed by atoms with van der Waals surface area (Å²) < 4.78 is 10.8. The largest absolute Gasteiger partial charge is 0.479 e. The van der Waals surface area contributed by atoms with Crippen LogP contribution in [0.5, 0.6) is 0 Å². The first kappa shape index (κ1) is 46.4. The second kappa shape index (κ2) is 29.9. The van der Waals surface area contributed by atoms with Crippen LogP contribution in [-0.2, 0) is 19.1 Å². The fraction of sp³-hybridized carbons (Fsp3) is 0.897. The van der Waals surface area contributed by atoms with E-state index in [2.05, 4.69) is 31.3 Å². The molecular weight excluding hydrogens is 642 g/mol. The van der Waals surface area contributed by atoms with Crippen LogP contribution in [0.3, 0.4) is 0 Å². The summed E-state index contributed by atoms with van der Waals surface area (Å²) in [6.07, 6.45) is 18.8. The van der Waals surface area contributed by atoms with Crippen LogP contribution in [0.4, 0.5) is 0 Å². The van der Waals surface area contributed by atoms with Gasteiger partial charge in [-0.15, -0.1) is 0 Å². The van der Waals surface area contributed by atoms with E-state index in [0.717, 1.165) is 51.4 Å². The molecule has 0 aromatic carbocycles. The number of rotatable bonds is 32. The lowest BCUT2D eigenvalue weighted by atomic mass is 9.99. The number of ether oxygens (including phenoxy) is 2. The van der Waals surface area contributed by atoms with Gasteiger partial charge in [0.05, 0.1) is 18.8 Å². The second-order valence-corrected chi connectivity index (χ2v) is 14.3. The predicted octanol–water partition coefficient (Wildman–Crippen LogP) is 6.06. The SMILES string of the molecule is CCCCC/C=C/CCCCCCCCCC(O)C(CO[C@H]1O[C@H](C(=O)O)[C@@H](O)[C@H](O)[C@H]1O)NC(=O)[C@@H](O)CCCCCCCCCCCC. The Hall–Kier alpha value is -1.60. The lowest BCUT2D eigenvalue weighted by molar-refractivity contribution is -0.295. The quantitative estimate of drug-likeness (QED) is 0.0319. The molecular formula is C39H73NO10. The van der Waals surface area contributed by atoms with E-state index >= 15 is 0 Å². The van der Waals surface area contributed by atoms with Gasteiger partial charge in [-0.05, 0) is 38.5 Å². The number of hydrogen-bond donors (Lipinski definition) is 7. The fourth-order valence-electron chi connectivity index (χ4n) is 6.32. The number of allylic oxidation sites excluding steroid dienone is 2. The van der Waals surface area contributed by atoms with Crippen molar-refractivity contribution >= 4 is 11.9 Å². The normalized spacial score (nSPS) is 22.8. The van der Waals surface area contributed by atoms with Crippen LogP contribution in [0.25, 0.3) is 0 Å². The molecule has 0 radical (unpaired) electrons. The molecule has 11 nitrogen and oxygen atoms in total. The number of carbonyl (C=O) groups excluding carboxylic acids is 1. The molecule has 0 aromatic rings. The molecule has 1 fully saturated rings. The lowest BCUT2D eigenvalue weighted by Crippen LogP contribution is -2.61. The van der Waals surface area contributed by atoms with Gasteiger partial charge < -0.3 is 45.4 Å². The number of carboxylic acids is 1. The van der Waals surface area contributed by atoms with Crippen LogP contribution in [-0.4, -0.2) is 98.1 Å². The summed E-state index contributed by atoms with van der Waals surface area (Å²) in [5.74, 6) is -2.18. The van der Waals surface area contributed by atoms with Crippen molar-refractivity contribution < 1.29 is 49.7 Å². The van der Waals surface area contributed by atoms with Crippen molar-refractivity contribution in [3.05, 3.63) is 12.2 Å². The van der Waals surface area contributed by atoms with Crippen molar-refractivity contribution in [3.8, 4) is 0 Å². The summed E-state index contributed by atoms with van der Waals surface area (Å²) in [5.41, 5.74) is 0. The van der Waals surface area contributed by atoms with E-state index in [1.54, 1.807) is 0 Å². The number of amides is 1. The molecule has 8 atom stereocenters. The fourth-order valence-corrected chi connectivity index (χ4v) is 6.32. The van der Waals surface area contributed by atoms with Crippen molar-refractivity contribution in [1.82, 2.24) is 5.32 Å². The molecule has 1 rings (SSSR count). The molecule has 2 unspecified atom stereocenters. The van der Waals surface area contributed by atoms with Crippen LogP contribution in [0, 0.1) is 0 Å². The van der Waals surface area contributed by atoms with Gasteiger partial charge in [-0.2, -0.15) is 0 Å². The lowest BCUT2D eigenvalue weighted by Gasteiger charge is -2.39. The molecule has 0 aliphatic carbocycles. The van der Waals surface area contributed by atoms with Gasteiger partial charge in [0.2, 0.25) is 5.91 Å². The zero-order chi connectivity index (χ0) is 37.0. The molecule has 1 aliphatic rings. The molecule has 1 saturated heterocycles. The summed E-state index contributed by atoms with van der Waals surface area (Å²) >= 11 is 0. The first-order valence-corrected chi connectivity index (χ1v) is 20.0. The van der Waals surface area contributed by atoms with Crippen LogP contribution >= 0.6 is 0 Å². The topological polar surface area (TPSA) is 186 Å². The number of hydrogen-bond acceptors (Lipinski definition) is 9. The average molecular weight is 716 g/mol. The summed E-state index contributed by atoms with van der Waals surface area (Å²) in [5, 5.41) is 64.1. The standard InChI is InChI=1S/C39H73NO10/c1-3-5-7-9-11-13-15-16-17-18-20-21-23-25-27-31(41)30(29-49-39-35(45)33(43)34(44)36(50-39)38(47)48)40-37(46)32(42)28-26-24-22-19-14-12-10-8-6-4-2/h11,13,30-36,39,41-45H,3-10,12,14-29H2,1-2H3,(H,40,46)(H,47,48)/b13-11+/t30?,31?,32-,33-,34-,35+,36-,39-/m0/s1. The Morgan fingerprint density at radius 2 is 1.12 bits per heavy atom. The van der Waals surface area contributed by atoms with Crippen LogP contribution in [0.2, 0.25) is 0 Å². The highest BCUT2D eigenvalue weighted by molar-refractivity contribution is 5.80. The maximum Gasteiger partial charge on any atom is 0.335 e. The summed E-state index contributed by atoms with van der Waals surface area (Å²) in [7, 11) is 0. The highest BCUT2D eigenvalue weighted by atomic mass is 16.7. The maximum atomic E-state index is 12.9. The van der Waals surface area contributed by atoms with Crippen molar-refractivity contribution in [2.45, 2.75) is 217 Å². The van der Waals surface area contributed by atoms with E-state index in [1.807, 2.05) is 0 Å². The molecule has 294 valence electrons. The van der Waals surface area contributed by atoms with Crippen molar-refractivity contribution in [2.24, 2.45) is 0 Å². The van der Waals surface area contributed by atoms with Crippen molar-refractivity contribution in [2.75, 3.05) is 6.61 Å². The third kappa shape index (κ3) is 21.1. The van der Waals surface area contributed by atoms with Crippen LogP contribution in [0.15, 0.2) is 12.2 Å². The molecule has 1 heterocycles. The number of nitrogens with one attached hydrogen (secondary N) is 1. The molecule has 1 aliphatic heterocycles. The average Bonchev–Trinajstić information content (AvgIpc) is 3.10. The first-order valence-electron chi connectivity index (χ1n) is 20.0. The zero-order valence-corrected chi connectivity index (χ0v) is 31.3. The van der Waals surface area contributed by atoms with Crippen molar-refractivity contribution in [1.29, 1.82) is 0 Å². The Morgan fingerprint density at radius 1 is 0.660 bits per heavy atom. The van der Waals surface area contributed by atoms with E-state index < -0.39 is 60.8 Å². The zero-order valence-electron chi connectivity index (χ0n) is 31.3. The third-order valence-corrected chi connectivity index (χ3v) is 9.69. The minimum Gasteiger partial charge on any atom is -0.479 e. The molecule has 1 amide bonds. The van der Waals surface area contributed by atoms with Gasteiger partial charge in [0.1, 0.15) is 24.4 Å². The van der Waals surface area contributed by atoms with Gasteiger partial charge in [0, 0.05) is 0 Å². The van der Waals surface area contributed by atoms with Gasteiger partial charge in [-0.25, -0.2) is 4.79 Å². The molecule has 0 spiro atoms. The van der Waals surface area contributed by atoms with Gasteiger partial charge in [0.15, 0.2) is 12.4 Å². The molecule has 50 heavy (non-hydrogen) atoms. The Labute approximate surface area is 302 Å². The highest BCUT2D eigenvalue weighted by Gasteiger charge is 2.47. The number of aliphatic hydroxyl groups excluding tert-OH is 5. The number of aliphatic carboxylic acids is 1. The van der Waals surface area contributed by atoms with Crippen LogP contribution < -0.4 is 5.32 Å². The van der Waals surface area contributed by atoms with E-state index in [0.29, 0.717) is 19.3 Å². The number of unbranched alkanes of at least 4 members (excludes halogenated alkanes) is 19. The van der Waals surface area contributed by atoms with Crippen molar-refractivity contribution in [3.63, 3.8) is 0 Å². The van der Waals surface area contributed by atoms with Gasteiger partial charge in [-0.3, -0.25) is 4.79 Å². The Kier molecular flexibility index (Phi) is 27.8. The third-order valence-electron chi connectivity index (χ3n) is 9.69. The predicted molar refractivity (Wildman–Crippen MR) is 196 cm³/mol. The molecule has 0 bridgehead atoms. The van der Waals surface area contributed by atoms with Gasteiger partial charge in [0.25, 0.3) is 0 Å². The van der Waals surface area contributed by atoms with E-state index in [9.17, 15) is 40.2 Å². The Morgan fingerprint density at radius 3 is 1.66 bits per heavy atom. The van der Waals surface area contributed by atoms with E-state index in [4.69, 9.17) is 9.47 Å². The smallest absolute Gasteiger partial charge is 0.335 e. The van der Waals surface area contributed by atoms with E-state index in [1.165, 1.54) is 77.0 Å². The number of aliphatic hydroxyl groups is 5. The summed E-state index contributed by atoms with van der Waals surface area (Å²) in [4.78, 5) is 24.4. The summed E-state index contributed by atoms with van der Waals surface area (Å²) in [6, 6.07) is -0.983. The number of carbonyl (C=O) groups is 2. The van der Waals surface area contributed by atoms with Gasteiger partial charge in [-0.1, -0.05) is 142 Å². The second-order valence-electron chi connectivity index (χ2n) is 14.3. The molecule has 0 aromatic heterocycles. The van der Waals surface area contributed by atoms with Gasteiger partial charge >= 0.3 is 5.97 Å². The maximum absolute atomic E-state index is 12.9. The molecule has 11 heteroatoms. The van der Waals surface area contributed by atoms with E-state index in [-0.39, 0.29) is 13.0 Å². The highest BCUT2D eigenvalue weighted by Crippen LogP contribution is 2.23. The molecule has 7 N–H and O–H groups in total. The molecule has 0 saturated carbocycles.